The van der Waals surface area contributed by atoms with Crippen LogP contribution in [-0.4, -0.2) is 17.0 Å². The largest absolute Gasteiger partial charge is 0.397 e. The first-order valence-electron chi connectivity index (χ1n) is 6.33. The molecule has 0 saturated heterocycles. The van der Waals surface area contributed by atoms with E-state index in [9.17, 15) is 4.79 Å². The van der Waals surface area contributed by atoms with Crippen molar-refractivity contribution in [1.29, 1.82) is 0 Å². The molecule has 0 unspecified atom stereocenters. The highest BCUT2D eigenvalue weighted by molar-refractivity contribution is 6.05. The van der Waals surface area contributed by atoms with Gasteiger partial charge in [0.1, 0.15) is 5.69 Å². The monoisotopic (exact) mass is 257 g/mol. The van der Waals surface area contributed by atoms with Gasteiger partial charge in [0.2, 0.25) is 0 Å². The number of amides is 1. The Balaban J connectivity index is 2.37. The fraction of sp³-hybridized carbons (Fsp3) is 0.267. The van der Waals surface area contributed by atoms with E-state index in [2.05, 4.69) is 0 Å². The van der Waals surface area contributed by atoms with Crippen LogP contribution in [-0.2, 0) is 7.05 Å². The summed E-state index contributed by atoms with van der Waals surface area (Å²) in [5.74, 6) is -0.0349. The minimum absolute atomic E-state index is 0.0349. The Kier molecular flexibility index (Phi) is 3.60. The highest BCUT2D eigenvalue weighted by atomic mass is 16.2. The summed E-state index contributed by atoms with van der Waals surface area (Å²) in [7, 11) is 1.83. The first kappa shape index (κ1) is 13.2. The van der Waals surface area contributed by atoms with Gasteiger partial charge in [0.25, 0.3) is 5.91 Å². The van der Waals surface area contributed by atoms with Crippen molar-refractivity contribution in [3.63, 3.8) is 0 Å². The molecule has 0 saturated carbocycles. The fourth-order valence-corrected chi connectivity index (χ4v) is 2.18. The summed E-state index contributed by atoms with van der Waals surface area (Å²) in [6.45, 7) is 4.60. The third-order valence-corrected chi connectivity index (χ3v) is 3.12. The maximum atomic E-state index is 12.6. The van der Waals surface area contributed by atoms with Crippen molar-refractivity contribution in [2.45, 2.75) is 13.8 Å². The molecule has 4 heteroatoms. The van der Waals surface area contributed by atoms with Crippen molar-refractivity contribution in [1.82, 2.24) is 4.57 Å². The molecule has 2 rings (SSSR count). The minimum Gasteiger partial charge on any atom is -0.397 e. The lowest BCUT2D eigenvalue weighted by atomic mass is 10.2. The molecule has 4 nitrogen and oxygen atoms in total. The van der Waals surface area contributed by atoms with Gasteiger partial charge >= 0.3 is 0 Å². The molecule has 0 aliphatic rings. The summed E-state index contributed by atoms with van der Waals surface area (Å²) in [5, 5.41) is 0. The summed E-state index contributed by atoms with van der Waals surface area (Å²) in [6.07, 6.45) is 1.75. The molecule has 1 heterocycles. The van der Waals surface area contributed by atoms with E-state index < -0.39 is 0 Å². The fourth-order valence-electron chi connectivity index (χ4n) is 2.18. The molecule has 0 fully saturated rings. The van der Waals surface area contributed by atoms with Gasteiger partial charge in [-0.3, -0.25) is 4.79 Å². The number of anilines is 2. The van der Waals surface area contributed by atoms with E-state index in [1.165, 1.54) is 0 Å². The van der Waals surface area contributed by atoms with Crippen molar-refractivity contribution in [3.8, 4) is 0 Å². The Hall–Kier alpha value is -2.23. The summed E-state index contributed by atoms with van der Waals surface area (Å²) < 4.78 is 1.76. The quantitative estimate of drug-likeness (QED) is 0.918. The van der Waals surface area contributed by atoms with Crippen LogP contribution in [0.5, 0.6) is 0 Å². The molecule has 2 aromatic rings. The molecule has 1 aromatic heterocycles. The number of hydrogen-bond donors (Lipinski definition) is 1. The Morgan fingerprint density at radius 2 is 2.11 bits per heavy atom. The van der Waals surface area contributed by atoms with Gasteiger partial charge in [-0.15, -0.1) is 0 Å². The average Bonchev–Trinajstić information content (AvgIpc) is 2.69. The van der Waals surface area contributed by atoms with Gasteiger partial charge < -0.3 is 15.2 Å². The van der Waals surface area contributed by atoms with Gasteiger partial charge in [-0.05, 0) is 37.6 Å². The van der Waals surface area contributed by atoms with Crippen LogP contribution in [0.15, 0.2) is 36.5 Å². The number of aryl methyl sites for hydroxylation is 2. The zero-order valence-electron chi connectivity index (χ0n) is 11.6. The second-order valence-corrected chi connectivity index (χ2v) is 4.66. The van der Waals surface area contributed by atoms with Gasteiger partial charge in [0, 0.05) is 25.5 Å². The van der Waals surface area contributed by atoms with E-state index in [-0.39, 0.29) is 5.91 Å². The normalized spacial score (nSPS) is 10.5. The number of nitrogens with two attached hydrogens (primary N) is 1. The topological polar surface area (TPSA) is 51.3 Å². The maximum absolute atomic E-state index is 12.6. The Morgan fingerprint density at radius 3 is 2.63 bits per heavy atom. The third-order valence-electron chi connectivity index (χ3n) is 3.12. The van der Waals surface area contributed by atoms with E-state index in [0.717, 1.165) is 11.3 Å². The first-order valence-corrected chi connectivity index (χ1v) is 6.33. The lowest BCUT2D eigenvalue weighted by Crippen LogP contribution is -2.31. The van der Waals surface area contributed by atoms with Gasteiger partial charge in [0.15, 0.2) is 0 Å². The predicted octanol–water partition coefficient (Wildman–Crippen LogP) is 2.58. The Labute approximate surface area is 113 Å². The van der Waals surface area contributed by atoms with E-state index in [4.69, 9.17) is 5.73 Å². The second kappa shape index (κ2) is 5.18. The molecule has 0 bridgehead atoms. The van der Waals surface area contributed by atoms with Gasteiger partial charge in [0.05, 0.1) is 5.69 Å². The van der Waals surface area contributed by atoms with E-state index in [1.807, 2.05) is 45.2 Å². The van der Waals surface area contributed by atoms with Crippen molar-refractivity contribution in [3.05, 3.63) is 47.8 Å². The van der Waals surface area contributed by atoms with Crippen LogP contribution in [0.3, 0.4) is 0 Å². The summed E-state index contributed by atoms with van der Waals surface area (Å²) in [4.78, 5) is 14.3. The summed E-state index contributed by atoms with van der Waals surface area (Å²) in [5.41, 5.74) is 8.97. The predicted molar refractivity (Wildman–Crippen MR) is 78.4 cm³/mol. The van der Waals surface area contributed by atoms with Crippen molar-refractivity contribution < 1.29 is 4.79 Å². The molecule has 100 valence electrons. The van der Waals surface area contributed by atoms with E-state index in [0.29, 0.717) is 17.9 Å². The Bertz CT molecular complexity index is 601. The van der Waals surface area contributed by atoms with Crippen LogP contribution in [0.4, 0.5) is 11.4 Å². The van der Waals surface area contributed by atoms with Gasteiger partial charge in [-0.2, -0.15) is 0 Å². The second-order valence-electron chi connectivity index (χ2n) is 4.66. The molecule has 0 spiro atoms. The zero-order valence-corrected chi connectivity index (χ0v) is 11.6. The number of benzene rings is 1. The Morgan fingerprint density at radius 1 is 1.37 bits per heavy atom. The van der Waals surface area contributed by atoms with Crippen LogP contribution < -0.4 is 10.6 Å². The molecule has 0 radical (unpaired) electrons. The molecule has 0 aliphatic carbocycles. The zero-order chi connectivity index (χ0) is 14.0. The van der Waals surface area contributed by atoms with Crippen molar-refractivity contribution in [2.75, 3.05) is 17.2 Å². The smallest absolute Gasteiger partial charge is 0.274 e. The highest BCUT2D eigenvalue weighted by Gasteiger charge is 2.19. The molecule has 1 amide bonds. The molecule has 0 aliphatic heterocycles. The number of carbonyl (C=O) groups excluding carboxylic acids is 1. The van der Waals surface area contributed by atoms with Crippen molar-refractivity contribution in [2.24, 2.45) is 7.05 Å². The van der Waals surface area contributed by atoms with Crippen LogP contribution >= 0.6 is 0 Å². The van der Waals surface area contributed by atoms with Crippen LogP contribution in [0, 0.1) is 6.92 Å². The highest BCUT2D eigenvalue weighted by Crippen LogP contribution is 2.19. The number of aromatic nitrogens is 1. The number of nitrogen functional groups attached to an aromatic ring is 1. The van der Waals surface area contributed by atoms with Crippen LogP contribution in [0.2, 0.25) is 0 Å². The molecule has 1 aromatic carbocycles. The molecular weight excluding hydrogens is 238 g/mol. The lowest BCUT2D eigenvalue weighted by Gasteiger charge is -2.21. The molecule has 2 N–H and O–H groups in total. The van der Waals surface area contributed by atoms with Crippen LogP contribution in [0.1, 0.15) is 23.0 Å². The number of rotatable bonds is 3. The number of nitrogens with zero attached hydrogens (tertiary/aromatic N) is 2. The van der Waals surface area contributed by atoms with E-state index >= 15 is 0 Å². The minimum atomic E-state index is -0.0349. The standard InChI is InChI=1S/C15H19N3O/c1-4-18(13-7-5-6-11(2)8-13)15(19)14-9-12(16)10-17(14)3/h5-10H,4,16H2,1-3H3. The number of carbonyl (C=O) groups is 1. The van der Waals surface area contributed by atoms with Gasteiger partial charge in [-0.1, -0.05) is 12.1 Å². The van der Waals surface area contributed by atoms with Crippen LogP contribution in [0.25, 0.3) is 0 Å². The van der Waals surface area contributed by atoms with Crippen molar-refractivity contribution >= 4 is 17.3 Å². The van der Waals surface area contributed by atoms with E-state index in [1.54, 1.807) is 21.7 Å². The lowest BCUT2D eigenvalue weighted by molar-refractivity contribution is 0.0980. The third kappa shape index (κ3) is 2.62. The summed E-state index contributed by atoms with van der Waals surface area (Å²) >= 11 is 0. The first-order chi connectivity index (χ1) is 9.02. The molecule has 0 atom stereocenters. The SMILES string of the molecule is CCN(C(=O)c1cc(N)cn1C)c1cccc(C)c1. The van der Waals surface area contributed by atoms with Gasteiger partial charge in [-0.25, -0.2) is 0 Å². The summed E-state index contributed by atoms with van der Waals surface area (Å²) in [6, 6.07) is 9.64. The number of hydrogen-bond acceptors (Lipinski definition) is 2. The molecular formula is C15H19N3O. The average molecular weight is 257 g/mol. The maximum Gasteiger partial charge on any atom is 0.274 e. The molecule has 19 heavy (non-hydrogen) atoms.